The molecule has 0 amide bonds. The maximum Gasteiger partial charge on any atom is 0.342 e. The molecule has 7 heteroatoms. The minimum Gasteiger partial charge on any atom is -0.477 e. The van der Waals surface area contributed by atoms with E-state index < -0.39 is 22.8 Å². The molecule has 66 valence electrons. The molecule has 1 aromatic rings. The molecule has 1 rings (SSSR count). The number of carboxylic acids is 1. The topological polar surface area (TPSA) is 103 Å². The summed E-state index contributed by atoms with van der Waals surface area (Å²) in [5.41, 5.74) is -2.11. The second-order valence-electron chi connectivity index (χ2n) is 1.79. The van der Waals surface area contributed by atoms with Gasteiger partial charge in [0.25, 0.3) is 5.56 Å². The number of nitrogens with one attached hydrogen (secondary N) is 2. The van der Waals surface area contributed by atoms with Crippen LogP contribution in [0.15, 0.2) is 15.8 Å². The molecule has 0 radical (unpaired) electrons. The van der Waals surface area contributed by atoms with Crippen LogP contribution in [0.2, 0.25) is 0 Å². The standard InChI is InChI=1S/C5H4N2O4.ClH/c8-3-2(4(9)10)1-6-5(11)7-3;/h1H,(H,9,10)(H2,6,7,8,11);1H. The van der Waals surface area contributed by atoms with Crippen molar-refractivity contribution >= 4 is 18.4 Å². The highest BCUT2D eigenvalue weighted by Gasteiger charge is 2.06. The van der Waals surface area contributed by atoms with E-state index in [1.54, 1.807) is 4.98 Å². The molecule has 0 aliphatic heterocycles. The molecule has 0 spiro atoms. The number of rotatable bonds is 1. The van der Waals surface area contributed by atoms with Crippen molar-refractivity contribution < 1.29 is 9.90 Å². The van der Waals surface area contributed by atoms with E-state index in [0.717, 1.165) is 6.20 Å². The molecule has 0 fully saturated rings. The van der Waals surface area contributed by atoms with Gasteiger partial charge in [0.15, 0.2) is 0 Å². The lowest BCUT2D eigenvalue weighted by Gasteiger charge is -1.88. The number of H-pyrrole nitrogens is 2. The van der Waals surface area contributed by atoms with Crippen molar-refractivity contribution in [2.75, 3.05) is 0 Å². The molecule has 0 aliphatic rings. The van der Waals surface area contributed by atoms with E-state index in [2.05, 4.69) is 0 Å². The van der Waals surface area contributed by atoms with Gasteiger partial charge in [-0.05, 0) is 0 Å². The van der Waals surface area contributed by atoms with Crippen molar-refractivity contribution in [3.05, 3.63) is 32.6 Å². The summed E-state index contributed by atoms with van der Waals surface area (Å²) in [4.78, 5) is 35.0. The Labute approximate surface area is 71.7 Å². The van der Waals surface area contributed by atoms with E-state index >= 15 is 0 Å². The lowest BCUT2D eigenvalue weighted by atomic mass is 10.3. The molecule has 6 nitrogen and oxygen atoms in total. The first-order valence-corrected chi connectivity index (χ1v) is 2.66. The Bertz CT molecular complexity index is 393. The van der Waals surface area contributed by atoms with Gasteiger partial charge in [0, 0.05) is 6.20 Å². The van der Waals surface area contributed by atoms with E-state index in [1.807, 2.05) is 4.98 Å². The maximum absolute atomic E-state index is 10.6. The van der Waals surface area contributed by atoms with Crippen molar-refractivity contribution in [1.29, 1.82) is 0 Å². The minimum atomic E-state index is -1.37. The summed E-state index contributed by atoms with van der Waals surface area (Å²) in [6.07, 6.45) is 0.851. The summed E-state index contributed by atoms with van der Waals surface area (Å²) < 4.78 is 0. The van der Waals surface area contributed by atoms with Gasteiger partial charge in [0.2, 0.25) is 0 Å². The molecule has 0 bridgehead atoms. The van der Waals surface area contributed by atoms with Crippen molar-refractivity contribution in [3.63, 3.8) is 0 Å². The number of aromatic amines is 2. The van der Waals surface area contributed by atoms with Crippen LogP contribution in [0.25, 0.3) is 0 Å². The molecular formula is C5H5ClN2O4. The molecule has 1 aromatic heterocycles. The smallest absolute Gasteiger partial charge is 0.342 e. The van der Waals surface area contributed by atoms with Crippen LogP contribution in [0.1, 0.15) is 10.4 Å². The zero-order valence-corrected chi connectivity index (χ0v) is 6.47. The number of carboxylic acid groups (broad SMARTS) is 1. The van der Waals surface area contributed by atoms with E-state index in [0.29, 0.717) is 0 Å². The number of hydrogen-bond donors (Lipinski definition) is 3. The van der Waals surface area contributed by atoms with Gasteiger partial charge in [-0.3, -0.25) is 9.78 Å². The van der Waals surface area contributed by atoms with Crippen LogP contribution in [0.5, 0.6) is 0 Å². The highest BCUT2D eigenvalue weighted by Crippen LogP contribution is 1.81. The van der Waals surface area contributed by atoms with Crippen LogP contribution in [0, 0.1) is 0 Å². The Hall–Kier alpha value is -1.56. The Balaban J connectivity index is 0.00000121. The third-order valence-corrected chi connectivity index (χ3v) is 1.05. The predicted octanol–water partition coefficient (Wildman–Crippen LogP) is -0.817. The number of aromatic carboxylic acids is 1. The number of halogens is 1. The van der Waals surface area contributed by atoms with Gasteiger partial charge in [-0.15, -0.1) is 12.4 Å². The van der Waals surface area contributed by atoms with Gasteiger partial charge in [0.05, 0.1) is 0 Å². The summed E-state index contributed by atoms with van der Waals surface area (Å²) >= 11 is 0. The van der Waals surface area contributed by atoms with Crippen molar-refractivity contribution in [2.24, 2.45) is 0 Å². The lowest BCUT2D eigenvalue weighted by molar-refractivity contribution is 0.0694. The summed E-state index contributed by atoms with van der Waals surface area (Å²) in [7, 11) is 0. The Morgan fingerprint density at radius 3 is 2.42 bits per heavy atom. The van der Waals surface area contributed by atoms with Gasteiger partial charge >= 0.3 is 11.7 Å². The third-order valence-electron chi connectivity index (χ3n) is 1.05. The molecule has 0 saturated carbocycles. The first kappa shape index (κ1) is 10.4. The number of aromatic nitrogens is 2. The summed E-state index contributed by atoms with van der Waals surface area (Å²) in [6, 6.07) is 0. The van der Waals surface area contributed by atoms with Crippen molar-refractivity contribution in [3.8, 4) is 0 Å². The lowest BCUT2D eigenvalue weighted by Crippen LogP contribution is -2.26. The molecule has 1 heterocycles. The molecule has 0 unspecified atom stereocenters. The zero-order chi connectivity index (χ0) is 8.43. The van der Waals surface area contributed by atoms with Crippen LogP contribution in [-0.2, 0) is 0 Å². The van der Waals surface area contributed by atoms with Gasteiger partial charge in [0.1, 0.15) is 5.56 Å². The second kappa shape index (κ2) is 3.72. The summed E-state index contributed by atoms with van der Waals surface area (Å²) in [6.45, 7) is 0. The van der Waals surface area contributed by atoms with Crippen LogP contribution in [0.3, 0.4) is 0 Å². The van der Waals surface area contributed by atoms with Crippen LogP contribution >= 0.6 is 12.4 Å². The summed E-state index contributed by atoms with van der Waals surface area (Å²) in [5, 5.41) is 8.31. The molecule has 0 atom stereocenters. The predicted molar refractivity (Wildman–Crippen MR) is 41.9 cm³/mol. The number of carbonyl (C=O) groups is 1. The summed E-state index contributed by atoms with van der Waals surface area (Å²) in [5.74, 6) is -1.37. The first-order chi connectivity index (χ1) is 5.11. The van der Waals surface area contributed by atoms with Gasteiger partial charge in [-0.25, -0.2) is 9.59 Å². The fourth-order valence-electron chi connectivity index (χ4n) is 0.569. The fourth-order valence-corrected chi connectivity index (χ4v) is 0.569. The van der Waals surface area contributed by atoms with Crippen molar-refractivity contribution in [2.45, 2.75) is 0 Å². The monoisotopic (exact) mass is 192 g/mol. The Morgan fingerprint density at radius 1 is 1.42 bits per heavy atom. The number of hydrogen-bond acceptors (Lipinski definition) is 3. The van der Waals surface area contributed by atoms with E-state index in [9.17, 15) is 14.4 Å². The molecule has 12 heavy (non-hydrogen) atoms. The second-order valence-corrected chi connectivity index (χ2v) is 1.79. The molecule has 3 N–H and O–H groups in total. The third kappa shape index (κ3) is 1.96. The van der Waals surface area contributed by atoms with E-state index in [1.165, 1.54) is 0 Å². The van der Waals surface area contributed by atoms with E-state index in [-0.39, 0.29) is 12.4 Å². The Kier molecular flexibility index (Phi) is 3.24. The molecule has 0 saturated heterocycles. The van der Waals surface area contributed by atoms with Gasteiger partial charge in [-0.1, -0.05) is 0 Å². The van der Waals surface area contributed by atoms with Crippen molar-refractivity contribution in [1.82, 2.24) is 9.97 Å². The highest BCUT2D eigenvalue weighted by atomic mass is 35.5. The molecular weight excluding hydrogens is 188 g/mol. The average molecular weight is 193 g/mol. The van der Waals surface area contributed by atoms with Gasteiger partial charge < -0.3 is 10.1 Å². The van der Waals surface area contributed by atoms with E-state index in [4.69, 9.17) is 5.11 Å². The van der Waals surface area contributed by atoms with Crippen LogP contribution in [0.4, 0.5) is 0 Å². The average Bonchev–Trinajstić information content (AvgIpc) is 1.85. The zero-order valence-electron chi connectivity index (χ0n) is 5.66. The Morgan fingerprint density at radius 2 is 2.00 bits per heavy atom. The van der Waals surface area contributed by atoms with Crippen LogP contribution in [-0.4, -0.2) is 21.0 Å². The maximum atomic E-state index is 10.6. The minimum absolute atomic E-state index is 0. The largest absolute Gasteiger partial charge is 0.477 e. The quantitative estimate of drug-likeness (QED) is 0.541. The SMILES string of the molecule is Cl.O=C(O)c1c[nH]c(=O)[nH]c1=O. The fraction of sp³-hybridized carbons (Fsp3) is 0. The molecule has 0 aromatic carbocycles. The normalized spacial score (nSPS) is 8.67. The van der Waals surface area contributed by atoms with Crippen LogP contribution < -0.4 is 11.2 Å². The first-order valence-electron chi connectivity index (χ1n) is 2.66. The highest BCUT2D eigenvalue weighted by molar-refractivity contribution is 5.86. The molecule has 0 aliphatic carbocycles. The van der Waals surface area contributed by atoms with Gasteiger partial charge in [-0.2, -0.15) is 0 Å².